The SMILES string of the molecule is CC(C)(O)CC(=O)SCCNC(O)CCNC(=O)C(O)C(C)(C)COP(=O)(O)OP(=O)(O)OCC1OC(n2cnc3c(N)ncnc32)C(O)C1OP(=O)(O)O. The van der Waals surface area contributed by atoms with Crippen molar-refractivity contribution in [1.29, 1.82) is 0 Å². The van der Waals surface area contributed by atoms with Crippen LogP contribution in [0.2, 0.25) is 0 Å². The van der Waals surface area contributed by atoms with Gasteiger partial charge in [-0.1, -0.05) is 25.6 Å². The van der Waals surface area contributed by atoms with E-state index in [0.29, 0.717) is 5.75 Å². The highest BCUT2D eigenvalue weighted by Gasteiger charge is 2.50. The fourth-order valence-corrected chi connectivity index (χ4v) is 8.51. The summed E-state index contributed by atoms with van der Waals surface area (Å²) in [5.74, 6) is -0.687. The molecule has 1 amide bonds. The minimum absolute atomic E-state index is 0.00858. The summed E-state index contributed by atoms with van der Waals surface area (Å²) in [6.45, 7) is 3.62. The summed E-state index contributed by atoms with van der Waals surface area (Å²) in [7, 11) is -16.4. The van der Waals surface area contributed by atoms with E-state index in [2.05, 4.69) is 34.4 Å². The molecule has 3 heterocycles. The van der Waals surface area contributed by atoms with E-state index in [1.807, 2.05) is 0 Å². The number of nitrogen functional groups attached to an aromatic ring is 1. The first-order chi connectivity index (χ1) is 25.2. The lowest BCUT2D eigenvalue weighted by Gasteiger charge is -2.30. The number of thioether (sulfide) groups is 1. The molecule has 0 aliphatic carbocycles. The second-order valence-corrected chi connectivity index (χ2v) is 18.8. The molecule has 29 heteroatoms. The molecule has 25 nitrogen and oxygen atoms in total. The lowest BCUT2D eigenvalue weighted by Crippen LogP contribution is -2.46. The number of ether oxygens (including phenoxy) is 1. The molecule has 8 unspecified atom stereocenters. The normalized spacial score (nSPS) is 22.9. The maximum absolute atomic E-state index is 12.7. The van der Waals surface area contributed by atoms with Gasteiger partial charge in [0.25, 0.3) is 0 Å². The largest absolute Gasteiger partial charge is 0.481 e. The minimum atomic E-state index is -5.57. The van der Waals surface area contributed by atoms with E-state index in [1.54, 1.807) is 0 Å². The molecular formula is C26H46N7O18P3S. The monoisotopic (exact) mass is 869 g/mol. The molecule has 1 saturated heterocycles. The number of nitrogens with one attached hydrogen (secondary N) is 2. The lowest BCUT2D eigenvalue weighted by atomic mass is 9.87. The average molecular weight is 870 g/mol. The van der Waals surface area contributed by atoms with Gasteiger partial charge >= 0.3 is 23.5 Å². The number of hydrogen-bond acceptors (Lipinski definition) is 20. The highest BCUT2D eigenvalue weighted by atomic mass is 32.2. The number of anilines is 1. The van der Waals surface area contributed by atoms with Crippen LogP contribution in [-0.2, 0) is 45.9 Å². The van der Waals surface area contributed by atoms with Crippen LogP contribution in [0.15, 0.2) is 12.7 Å². The van der Waals surface area contributed by atoms with Crippen LogP contribution in [0.5, 0.6) is 0 Å². The van der Waals surface area contributed by atoms with E-state index >= 15 is 0 Å². The highest BCUT2D eigenvalue weighted by Crippen LogP contribution is 2.61. The van der Waals surface area contributed by atoms with Gasteiger partial charge in [0.05, 0.1) is 25.1 Å². The van der Waals surface area contributed by atoms with Gasteiger partial charge in [-0.25, -0.2) is 28.6 Å². The Morgan fingerprint density at radius 1 is 1.05 bits per heavy atom. The molecule has 0 bridgehead atoms. The van der Waals surface area contributed by atoms with Crippen molar-refractivity contribution in [1.82, 2.24) is 30.2 Å². The van der Waals surface area contributed by atoms with Crippen molar-refractivity contribution in [2.75, 3.05) is 37.8 Å². The van der Waals surface area contributed by atoms with Crippen molar-refractivity contribution in [3.8, 4) is 0 Å². The summed E-state index contributed by atoms with van der Waals surface area (Å²) in [6, 6.07) is 0. The van der Waals surface area contributed by atoms with Gasteiger partial charge in [0.2, 0.25) is 5.91 Å². The van der Waals surface area contributed by atoms with Crippen LogP contribution in [0, 0.1) is 5.41 Å². The molecule has 2 aromatic rings. The molecule has 3 rings (SSSR count). The Balaban J connectivity index is 1.49. The van der Waals surface area contributed by atoms with E-state index in [4.69, 9.17) is 19.5 Å². The molecular weight excluding hydrogens is 823 g/mol. The zero-order chi connectivity index (χ0) is 41.6. The molecule has 1 aliphatic rings. The number of nitrogens with zero attached hydrogens (tertiary/aromatic N) is 4. The molecule has 1 aliphatic heterocycles. The van der Waals surface area contributed by atoms with E-state index in [0.717, 1.165) is 29.0 Å². The standard InChI is InChI=1S/C26H46N7O18P3S/c1-25(2,20(37)23(38)29-6-5-15(34)28-7-8-55-16(35)9-26(3,4)39)11-48-54(45,46)51-53(43,44)47-10-14-19(50-52(40,41)42)18(36)24(49-14)33-13-32-17-21(27)30-12-31-22(17)33/h12-15,18-20,24,28,34,36-37,39H,5-11H2,1-4H3,(H,29,38)(H,43,44)(H,45,46)(H2,27,30,31)(H2,40,41,42). The number of hydrogen-bond donors (Lipinski definition) is 11. The number of carbonyl (C=O) groups excluding carboxylic acids is 2. The number of aromatic nitrogens is 4. The summed E-state index contributed by atoms with van der Waals surface area (Å²) in [5, 5.41) is 46.0. The zero-order valence-electron chi connectivity index (χ0n) is 29.8. The molecule has 55 heavy (non-hydrogen) atoms. The summed E-state index contributed by atoms with van der Waals surface area (Å²) in [5.41, 5.74) is 3.13. The van der Waals surface area contributed by atoms with E-state index in [1.165, 1.54) is 27.7 Å². The average Bonchev–Trinajstić information content (AvgIpc) is 3.60. The fourth-order valence-electron chi connectivity index (χ4n) is 4.78. The third-order valence-electron chi connectivity index (χ3n) is 7.47. The van der Waals surface area contributed by atoms with Gasteiger partial charge in [-0.2, -0.15) is 4.31 Å². The van der Waals surface area contributed by atoms with Crippen molar-refractivity contribution in [2.45, 2.75) is 83.0 Å². The first-order valence-electron chi connectivity index (χ1n) is 16.1. The minimum Gasteiger partial charge on any atom is -0.390 e. The number of carbonyl (C=O) groups is 2. The Hall–Kier alpha value is -2.03. The molecule has 0 spiro atoms. The summed E-state index contributed by atoms with van der Waals surface area (Å²) in [4.78, 5) is 75.2. The summed E-state index contributed by atoms with van der Waals surface area (Å²) >= 11 is 0.978. The fraction of sp³-hybridized carbons (Fsp3) is 0.731. The van der Waals surface area contributed by atoms with Crippen molar-refractivity contribution in [2.24, 2.45) is 5.41 Å². The number of rotatable bonds is 22. The Morgan fingerprint density at radius 2 is 1.71 bits per heavy atom. The van der Waals surface area contributed by atoms with Gasteiger partial charge in [0.15, 0.2) is 22.8 Å². The van der Waals surface area contributed by atoms with Crippen LogP contribution in [0.3, 0.4) is 0 Å². The predicted molar refractivity (Wildman–Crippen MR) is 189 cm³/mol. The Bertz CT molecular complexity index is 1780. The van der Waals surface area contributed by atoms with Crippen molar-refractivity contribution < 1.29 is 85.9 Å². The Kier molecular flexibility index (Phi) is 16.5. The Morgan fingerprint density at radius 3 is 2.35 bits per heavy atom. The van der Waals surface area contributed by atoms with E-state index in [9.17, 15) is 63.3 Å². The second-order valence-electron chi connectivity index (χ2n) is 13.4. The molecule has 0 radical (unpaired) electrons. The molecule has 1 fully saturated rings. The lowest BCUT2D eigenvalue weighted by molar-refractivity contribution is -0.137. The van der Waals surface area contributed by atoms with Gasteiger partial charge in [0.1, 0.15) is 42.5 Å². The van der Waals surface area contributed by atoms with Crippen molar-refractivity contribution in [3.05, 3.63) is 12.7 Å². The summed E-state index contributed by atoms with van der Waals surface area (Å²) in [6.07, 6.45) is -7.87. The maximum atomic E-state index is 12.7. The van der Waals surface area contributed by atoms with Crippen LogP contribution >= 0.6 is 35.2 Å². The van der Waals surface area contributed by atoms with Crippen molar-refractivity contribution >= 4 is 63.2 Å². The predicted octanol–water partition coefficient (Wildman–Crippen LogP) is -1.38. The number of phosphoric acid groups is 3. The molecule has 12 N–H and O–H groups in total. The Labute approximate surface area is 317 Å². The van der Waals surface area contributed by atoms with Crippen LogP contribution in [0.25, 0.3) is 11.2 Å². The smallest absolute Gasteiger partial charge is 0.390 e. The molecule has 0 saturated carbocycles. The van der Waals surface area contributed by atoms with Crippen LogP contribution in [0.1, 0.15) is 46.8 Å². The number of aliphatic hydroxyl groups excluding tert-OH is 3. The number of imidazole rings is 1. The number of nitrogens with two attached hydrogens (primary N) is 1. The number of amides is 1. The van der Waals surface area contributed by atoms with Gasteiger partial charge in [-0.15, -0.1) is 0 Å². The van der Waals surface area contributed by atoms with Gasteiger partial charge in [-0.3, -0.25) is 33.0 Å². The van der Waals surface area contributed by atoms with Gasteiger partial charge in [-0.05, 0) is 13.8 Å². The van der Waals surface area contributed by atoms with Crippen LogP contribution < -0.4 is 16.4 Å². The van der Waals surface area contributed by atoms with E-state index in [-0.39, 0.29) is 48.0 Å². The zero-order valence-corrected chi connectivity index (χ0v) is 33.3. The third kappa shape index (κ3) is 15.0. The number of phosphoric ester groups is 3. The van der Waals surface area contributed by atoms with Crippen molar-refractivity contribution in [3.63, 3.8) is 0 Å². The summed E-state index contributed by atoms with van der Waals surface area (Å²) < 4.78 is 62.0. The van der Waals surface area contributed by atoms with Gasteiger partial charge < -0.3 is 55.8 Å². The molecule has 8 atom stereocenters. The third-order valence-corrected chi connectivity index (χ3v) is 11.4. The molecule has 0 aromatic carbocycles. The first kappa shape index (κ1) is 47.3. The van der Waals surface area contributed by atoms with E-state index < -0.39 is 90.5 Å². The maximum Gasteiger partial charge on any atom is 0.481 e. The first-order valence-corrected chi connectivity index (χ1v) is 21.6. The quantitative estimate of drug-likeness (QED) is 0.0369. The van der Waals surface area contributed by atoms with Crippen LogP contribution in [-0.4, -0.2) is 139 Å². The number of aliphatic hydroxyl groups is 4. The highest BCUT2D eigenvalue weighted by molar-refractivity contribution is 8.13. The van der Waals surface area contributed by atoms with Crippen LogP contribution in [0.4, 0.5) is 5.82 Å². The number of fused-ring (bicyclic) bond motifs is 1. The topological polar surface area (TPSA) is 387 Å². The molecule has 314 valence electrons. The second kappa shape index (κ2) is 19.1. The molecule has 2 aromatic heterocycles. The van der Waals surface area contributed by atoms with Gasteiger partial charge in [0, 0.05) is 37.1 Å².